The summed E-state index contributed by atoms with van der Waals surface area (Å²) in [5.74, 6) is 0.778. The first-order chi connectivity index (χ1) is 12.0. The molecule has 1 aliphatic rings. The molecule has 1 aliphatic heterocycles. The number of nitrogens with one attached hydrogen (secondary N) is 1. The highest BCUT2D eigenvalue weighted by molar-refractivity contribution is 6.02. The van der Waals surface area contributed by atoms with E-state index in [1.807, 2.05) is 18.7 Å². The van der Waals surface area contributed by atoms with Crippen LogP contribution in [0.25, 0.3) is 0 Å². The van der Waals surface area contributed by atoms with Gasteiger partial charge in [0.05, 0.1) is 14.2 Å². The van der Waals surface area contributed by atoms with Gasteiger partial charge in [-0.25, -0.2) is 0 Å². The molecule has 1 aromatic carbocycles. The molecule has 0 bridgehead atoms. The monoisotopic (exact) mass is 348 g/mol. The smallest absolute Gasteiger partial charge is 0.259 e. The van der Waals surface area contributed by atoms with Crippen molar-refractivity contribution < 1.29 is 19.1 Å². The van der Waals surface area contributed by atoms with Crippen molar-refractivity contribution in [2.75, 3.05) is 27.3 Å². The Kier molecular flexibility index (Phi) is 6.67. The zero-order valence-corrected chi connectivity index (χ0v) is 15.5. The third-order valence-corrected chi connectivity index (χ3v) is 4.38. The largest absolute Gasteiger partial charge is 0.496 e. The Hall–Kier alpha value is -2.24. The summed E-state index contributed by atoms with van der Waals surface area (Å²) < 4.78 is 10.6. The van der Waals surface area contributed by atoms with Gasteiger partial charge in [0.2, 0.25) is 5.91 Å². The van der Waals surface area contributed by atoms with Gasteiger partial charge in [-0.15, -0.1) is 0 Å². The van der Waals surface area contributed by atoms with Crippen LogP contribution >= 0.6 is 0 Å². The number of likely N-dealkylation sites (tertiary alicyclic amines) is 1. The molecule has 1 aromatic rings. The number of rotatable bonds is 7. The Bertz CT molecular complexity index is 587. The summed E-state index contributed by atoms with van der Waals surface area (Å²) in [7, 11) is 3.01. The lowest BCUT2D eigenvalue weighted by atomic mass is 10.0. The molecule has 1 N–H and O–H groups in total. The lowest BCUT2D eigenvalue weighted by Crippen LogP contribution is -2.48. The third kappa shape index (κ3) is 4.65. The molecule has 1 atom stereocenters. The normalized spacial score (nSPS) is 15.2. The van der Waals surface area contributed by atoms with Crippen LogP contribution in [0.15, 0.2) is 18.2 Å². The first-order valence-corrected chi connectivity index (χ1v) is 8.78. The summed E-state index contributed by atoms with van der Waals surface area (Å²) in [6.07, 6.45) is 2.64. The number of methoxy groups -OCH3 is 2. The van der Waals surface area contributed by atoms with E-state index >= 15 is 0 Å². The predicted octanol–water partition coefficient (Wildman–Crippen LogP) is 2.47. The van der Waals surface area contributed by atoms with Crippen LogP contribution in [0.4, 0.5) is 0 Å². The van der Waals surface area contributed by atoms with E-state index in [2.05, 4.69) is 5.32 Å². The van der Waals surface area contributed by atoms with Crippen LogP contribution in [0, 0.1) is 5.92 Å². The van der Waals surface area contributed by atoms with Crippen molar-refractivity contribution in [2.24, 2.45) is 5.92 Å². The Morgan fingerprint density at radius 3 is 2.16 bits per heavy atom. The van der Waals surface area contributed by atoms with Crippen molar-refractivity contribution >= 4 is 11.8 Å². The highest BCUT2D eigenvalue weighted by atomic mass is 16.5. The number of carbonyl (C=O) groups excluding carboxylic acids is 2. The van der Waals surface area contributed by atoms with Gasteiger partial charge >= 0.3 is 0 Å². The second kappa shape index (κ2) is 8.74. The SMILES string of the molecule is COc1cccc(OC)c1C(=O)N[C@H](CC(C)C)C(=O)N1CCCC1. The summed E-state index contributed by atoms with van der Waals surface area (Å²) >= 11 is 0. The second-order valence-electron chi connectivity index (χ2n) is 6.73. The van der Waals surface area contributed by atoms with Crippen LogP contribution in [-0.2, 0) is 4.79 Å². The number of ether oxygens (including phenoxy) is 2. The Balaban J connectivity index is 2.23. The molecule has 25 heavy (non-hydrogen) atoms. The lowest BCUT2D eigenvalue weighted by Gasteiger charge is -2.25. The van der Waals surface area contributed by atoms with Gasteiger partial charge in [-0.3, -0.25) is 9.59 Å². The van der Waals surface area contributed by atoms with Gasteiger partial charge in [0.15, 0.2) is 0 Å². The summed E-state index contributed by atoms with van der Waals surface area (Å²) in [4.78, 5) is 27.5. The molecular formula is C19H28N2O4. The summed E-state index contributed by atoms with van der Waals surface area (Å²) in [6.45, 7) is 5.61. The Morgan fingerprint density at radius 1 is 1.12 bits per heavy atom. The average molecular weight is 348 g/mol. The second-order valence-corrected chi connectivity index (χ2v) is 6.73. The van der Waals surface area contributed by atoms with Gasteiger partial charge in [0.1, 0.15) is 23.1 Å². The van der Waals surface area contributed by atoms with Crippen LogP contribution in [-0.4, -0.2) is 50.1 Å². The zero-order chi connectivity index (χ0) is 18.4. The fourth-order valence-corrected chi connectivity index (χ4v) is 3.16. The Morgan fingerprint density at radius 2 is 1.68 bits per heavy atom. The quantitative estimate of drug-likeness (QED) is 0.822. The van der Waals surface area contributed by atoms with Crippen LogP contribution < -0.4 is 14.8 Å². The molecular weight excluding hydrogens is 320 g/mol. The molecule has 2 rings (SSSR count). The van der Waals surface area contributed by atoms with Crippen molar-refractivity contribution in [2.45, 2.75) is 39.2 Å². The van der Waals surface area contributed by atoms with Crippen molar-refractivity contribution in [3.63, 3.8) is 0 Å². The molecule has 1 saturated heterocycles. The Labute approximate surface area is 149 Å². The molecule has 0 aliphatic carbocycles. The van der Waals surface area contributed by atoms with E-state index in [9.17, 15) is 9.59 Å². The van der Waals surface area contributed by atoms with Gasteiger partial charge in [0.25, 0.3) is 5.91 Å². The first-order valence-electron chi connectivity index (χ1n) is 8.78. The molecule has 0 aromatic heterocycles. The molecule has 0 saturated carbocycles. The van der Waals surface area contributed by atoms with E-state index in [4.69, 9.17) is 9.47 Å². The fourth-order valence-electron chi connectivity index (χ4n) is 3.16. The van der Waals surface area contributed by atoms with Crippen LogP contribution in [0.2, 0.25) is 0 Å². The van der Waals surface area contributed by atoms with Crippen LogP contribution in [0.1, 0.15) is 43.5 Å². The molecule has 6 nitrogen and oxygen atoms in total. The minimum atomic E-state index is -0.541. The van der Waals surface area contributed by atoms with Gasteiger partial charge in [-0.05, 0) is 37.3 Å². The number of nitrogens with zero attached hydrogens (tertiary/aromatic N) is 1. The summed E-state index contributed by atoms with van der Waals surface area (Å²) in [5.41, 5.74) is 0.315. The molecule has 6 heteroatoms. The molecule has 1 heterocycles. The molecule has 0 unspecified atom stereocenters. The van der Waals surface area contributed by atoms with Gasteiger partial charge in [0, 0.05) is 13.1 Å². The standard InChI is InChI=1S/C19H28N2O4/c1-13(2)12-14(19(23)21-10-5-6-11-21)20-18(22)17-15(24-3)8-7-9-16(17)25-4/h7-9,13-14H,5-6,10-12H2,1-4H3,(H,20,22)/t14-/m1/s1. The van der Waals surface area contributed by atoms with E-state index in [0.717, 1.165) is 25.9 Å². The number of carbonyl (C=O) groups is 2. The number of hydrogen-bond acceptors (Lipinski definition) is 4. The van der Waals surface area contributed by atoms with E-state index in [1.165, 1.54) is 14.2 Å². The average Bonchev–Trinajstić information content (AvgIpc) is 3.13. The number of benzene rings is 1. The van der Waals surface area contributed by atoms with E-state index in [0.29, 0.717) is 23.5 Å². The third-order valence-electron chi connectivity index (χ3n) is 4.38. The maximum atomic E-state index is 12.9. The van der Waals surface area contributed by atoms with E-state index in [-0.39, 0.29) is 17.7 Å². The number of amides is 2. The van der Waals surface area contributed by atoms with Crippen molar-refractivity contribution in [3.8, 4) is 11.5 Å². The summed E-state index contributed by atoms with van der Waals surface area (Å²) in [5, 5.41) is 2.90. The molecule has 1 fully saturated rings. The molecule has 0 spiro atoms. The van der Waals surface area contributed by atoms with Crippen molar-refractivity contribution in [1.82, 2.24) is 10.2 Å². The highest BCUT2D eigenvalue weighted by Gasteiger charge is 2.30. The predicted molar refractivity (Wildman–Crippen MR) is 96.1 cm³/mol. The van der Waals surface area contributed by atoms with Crippen LogP contribution in [0.5, 0.6) is 11.5 Å². The van der Waals surface area contributed by atoms with E-state index < -0.39 is 6.04 Å². The molecule has 0 radical (unpaired) electrons. The summed E-state index contributed by atoms with van der Waals surface area (Å²) in [6, 6.07) is 4.63. The van der Waals surface area contributed by atoms with Gasteiger partial charge in [-0.1, -0.05) is 19.9 Å². The van der Waals surface area contributed by atoms with E-state index in [1.54, 1.807) is 18.2 Å². The van der Waals surface area contributed by atoms with Gasteiger partial charge in [-0.2, -0.15) is 0 Å². The topological polar surface area (TPSA) is 67.9 Å². The van der Waals surface area contributed by atoms with Gasteiger partial charge < -0.3 is 19.7 Å². The highest BCUT2D eigenvalue weighted by Crippen LogP contribution is 2.28. The minimum absolute atomic E-state index is 0.00610. The lowest BCUT2D eigenvalue weighted by molar-refractivity contribution is -0.132. The first kappa shape index (κ1) is 19.1. The zero-order valence-electron chi connectivity index (χ0n) is 15.5. The maximum Gasteiger partial charge on any atom is 0.259 e. The maximum absolute atomic E-state index is 12.9. The van der Waals surface area contributed by atoms with Crippen molar-refractivity contribution in [1.29, 1.82) is 0 Å². The molecule has 138 valence electrons. The minimum Gasteiger partial charge on any atom is -0.496 e. The van der Waals surface area contributed by atoms with Crippen LogP contribution in [0.3, 0.4) is 0 Å². The van der Waals surface area contributed by atoms with Crippen molar-refractivity contribution in [3.05, 3.63) is 23.8 Å². The fraction of sp³-hybridized carbons (Fsp3) is 0.579. The molecule has 2 amide bonds. The number of hydrogen-bond donors (Lipinski definition) is 1.